The van der Waals surface area contributed by atoms with E-state index in [2.05, 4.69) is 38.6 Å². The molecule has 0 aliphatic carbocycles. The van der Waals surface area contributed by atoms with Gasteiger partial charge in [0.1, 0.15) is 11.4 Å². The highest BCUT2D eigenvalue weighted by Crippen LogP contribution is 2.38. The number of benzene rings is 1. The molecule has 216 valence electrons. The standard InChI is InChI=1S/C28H42N4O6S/c1-20(18-30-39(34,35)19-27(33)38-28(2,3)4)21-7-10-31(11-8-21)24-6-9-29-23-17-26(36-5)25(16-22(23)24)32-12-14-37-15-13-32/h6,9,16-17,20-21,30H,7-8,10-15,18-19H2,1-5H3. The third-order valence-electron chi connectivity index (χ3n) is 7.41. The Hall–Kier alpha value is -2.63. The number of ether oxygens (including phenoxy) is 3. The number of piperidine rings is 1. The van der Waals surface area contributed by atoms with E-state index < -0.39 is 27.3 Å². The molecule has 4 rings (SSSR count). The summed E-state index contributed by atoms with van der Waals surface area (Å²) in [4.78, 5) is 21.3. The monoisotopic (exact) mass is 562 g/mol. The van der Waals surface area contributed by atoms with E-state index >= 15 is 0 Å². The first kappa shape index (κ1) is 29.4. The number of pyridine rings is 1. The number of hydrogen-bond acceptors (Lipinski definition) is 9. The highest BCUT2D eigenvalue weighted by atomic mass is 32.2. The minimum absolute atomic E-state index is 0.145. The van der Waals surface area contributed by atoms with Crippen molar-refractivity contribution in [2.45, 2.75) is 46.1 Å². The number of rotatable bonds is 9. The fraction of sp³-hybridized carbons (Fsp3) is 0.643. The van der Waals surface area contributed by atoms with Crippen LogP contribution in [-0.4, -0.2) is 83.8 Å². The van der Waals surface area contributed by atoms with Gasteiger partial charge in [0.25, 0.3) is 0 Å². The summed E-state index contributed by atoms with van der Waals surface area (Å²) in [5, 5.41) is 1.10. The summed E-state index contributed by atoms with van der Waals surface area (Å²) >= 11 is 0. The summed E-state index contributed by atoms with van der Waals surface area (Å²) in [6.45, 7) is 12.3. The summed E-state index contributed by atoms with van der Waals surface area (Å²) in [5.41, 5.74) is 2.40. The lowest BCUT2D eigenvalue weighted by molar-refractivity contribution is -0.151. The lowest BCUT2D eigenvalue weighted by atomic mass is 9.85. The maximum absolute atomic E-state index is 12.4. The van der Waals surface area contributed by atoms with Gasteiger partial charge in [-0.1, -0.05) is 6.92 Å². The zero-order chi connectivity index (χ0) is 28.2. The van der Waals surface area contributed by atoms with Crippen LogP contribution in [0, 0.1) is 11.8 Å². The van der Waals surface area contributed by atoms with Crippen molar-refractivity contribution in [1.82, 2.24) is 9.71 Å². The number of sulfonamides is 1. The second-order valence-corrected chi connectivity index (χ2v) is 13.3. The maximum atomic E-state index is 12.4. The van der Waals surface area contributed by atoms with Crippen molar-refractivity contribution < 1.29 is 27.4 Å². The van der Waals surface area contributed by atoms with Gasteiger partial charge < -0.3 is 24.0 Å². The van der Waals surface area contributed by atoms with E-state index in [0.717, 1.165) is 67.0 Å². The van der Waals surface area contributed by atoms with Crippen molar-refractivity contribution in [1.29, 1.82) is 0 Å². The second kappa shape index (κ2) is 12.3. The van der Waals surface area contributed by atoms with Gasteiger partial charge in [-0.15, -0.1) is 0 Å². The van der Waals surface area contributed by atoms with Gasteiger partial charge in [0.05, 0.1) is 31.5 Å². The summed E-state index contributed by atoms with van der Waals surface area (Å²) in [7, 11) is -2.06. The van der Waals surface area contributed by atoms with Gasteiger partial charge in [-0.2, -0.15) is 0 Å². The Bertz CT molecular complexity index is 1250. The number of nitrogens with zero attached hydrogens (tertiary/aromatic N) is 3. The topological polar surface area (TPSA) is 110 Å². The van der Waals surface area contributed by atoms with Crippen LogP contribution in [0.4, 0.5) is 11.4 Å². The van der Waals surface area contributed by atoms with E-state index in [1.54, 1.807) is 27.9 Å². The van der Waals surface area contributed by atoms with Crippen molar-refractivity contribution in [3.05, 3.63) is 24.4 Å². The number of aromatic nitrogens is 1. The van der Waals surface area contributed by atoms with Crippen molar-refractivity contribution >= 4 is 38.3 Å². The largest absolute Gasteiger partial charge is 0.495 e. The quantitative estimate of drug-likeness (QED) is 0.461. The molecule has 0 bridgehead atoms. The number of fused-ring (bicyclic) bond motifs is 1. The van der Waals surface area contributed by atoms with E-state index in [-0.39, 0.29) is 5.92 Å². The number of morpholine rings is 1. The van der Waals surface area contributed by atoms with Gasteiger partial charge in [0.15, 0.2) is 5.75 Å². The van der Waals surface area contributed by atoms with E-state index in [0.29, 0.717) is 25.7 Å². The lowest BCUT2D eigenvalue weighted by Gasteiger charge is -2.37. The Morgan fingerprint density at radius 3 is 2.44 bits per heavy atom. The number of nitrogens with one attached hydrogen (secondary N) is 1. The molecule has 2 aliphatic heterocycles. The molecule has 0 amide bonds. The molecule has 1 unspecified atom stereocenters. The summed E-state index contributed by atoms with van der Waals surface area (Å²) in [6, 6.07) is 6.28. The molecule has 1 N–H and O–H groups in total. The average molecular weight is 563 g/mol. The minimum atomic E-state index is -3.75. The predicted molar refractivity (Wildman–Crippen MR) is 153 cm³/mol. The number of carbonyl (C=O) groups is 1. The Labute approximate surface area is 232 Å². The van der Waals surface area contributed by atoms with Crippen molar-refractivity contribution in [3.8, 4) is 5.75 Å². The summed E-state index contributed by atoms with van der Waals surface area (Å²) in [5.74, 6) is -0.0675. The molecule has 3 heterocycles. The first-order valence-electron chi connectivity index (χ1n) is 13.7. The van der Waals surface area contributed by atoms with Crippen LogP contribution in [0.25, 0.3) is 10.9 Å². The fourth-order valence-electron chi connectivity index (χ4n) is 5.35. The third-order valence-corrected chi connectivity index (χ3v) is 8.63. The summed E-state index contributed by atoms with van der Waals surface area (Å²) < 4.78 is 43.9. The van der Waals surface area contributed by atoms with Gasteiger partial charge in [0, 0.05) is 56.1 Å². The van der Waals surface area contributed by atoms with Gasteiger partial charge in [-0.3, -0.25) is 9.78 Å². The zero-order valence-electron chi connectivity index (χ0n) is 23.7. The van der Waals surface area contributed by atoms with Crippen molar-refractivity contribution in [2.24, 2.45) is 11.8 Å². The number of methoxy groups -OCH3 is 1. The zero-order valence-corrected chi connectivity index (χ0v) is 24.6. The third kappa shape index (κ3) is 7.73. The van der Waals surface area contributed by atoms with Gasteiger partial charge in [-0.05, 0) is 57.6 Å². The van der Waals surface area contributed by atoms with Crippen LogP contribution < -0.4 is 19.3 Å². The molecule has 1 atom stereocenters. The molecule has 0 saturated carbocycles. The highest BCUT2D eigenvalue weighted by molar-refractivity contribution is 7.90. The normalized spacial score (nSPS) is 18.3. The van der Waals surface area contributed by atoms with Crippen LogP contribution >= 0.6 is 0 Å². The van der Waals surface area contributed by atoms with Crippen LogP contribution in [0.1, 0.15) is 40.5 Å². The SMILES string of the molecule is COc1cc2nccc(N3CCC(C(C)CNS(=O)(=O)CC(=O)OC(C)(C)C)CC3)c2cc1N1CCOCC1. The fourth-order valence-corrected chi connectivity index (χ4v) is 6.34. The molecule has 0 spiro atoms. The first-order valence-corrected chi connectivity index (χ1v) is 15.3. The van der Waals surface area contributed by atoms with E-state index in [1.165, 1.54) is 0 Å². The van der Waals surface area contributed by atoms with Gasteiger partial charge in [0.2, 0.25) is 10.0 Å². The second-order valence-electron chi connectivity index (χ2n) is 11.5. The molecule has 2 aliphatic rings. The maximum Gasteiger partial charge on any atom is 0.323 e. The summed E-state index contributed by atoms with van der Waals surface area (Å²) in [6.07, 6.45) is 3.75. The van der Waals surface area contributed by atoms with E-state index in [9.17, 15) is 13.2 Å². The molecule has 39 heavy (non-hydrogen) atoms. The molecule has 1 aromatic carbocycles. The van der Waals surface area contributed by atoms with Crippen molar-refractivity contribution in [3.63, 3.8) is 0 Å². The van der Waals surface area contributed by atoms with Crippen LogP contribution in [0.5, 0.6) is 5.75 Å². The Morgan fingerprint density at radius 2 is 1.79 bits per heavy atom. The minimum Gasteiger partial charge on any atom is -0.495 e. The van der Waals surface area contributed by atoms with Crippen molar-refractivity contribution in [2.75, 3.05) is 68.6 Å². The number of hydrogen-bond donors (Lipinski definition) is 1. The smallest absolute Gasteiger partial charge is 0.323 e. The molecule has 1 aromatic heterocycles. The molecule has 10 nitrogen and oxygen atoms in total. The van der Waals surface area contributed by atoms with Gasteiger partial charge >= 0.3 is 5.97 Å². The molecule has 0 radical (unpaired) electrons. The molecule has 2 aromatic rings. The molecular formula is C28H42N4O6S. The Kier molecular flexibility index (Phi) is 9.23. The highest BCUT2D eigenvalue weighted by Gasteiger charge is 2.28. The van der Waals surface area contributed by atoms with Gasteiger partial charge in [-0.25, -0.2) is 13.1 Å². The van der Waals surface area contributed by atoms with Crippen LogP contribution in [0.2, 0.25) is 0 Å². The Balaban J connectivity index is 1.39. The molecule has 2 saturated heterocycles. The number of anilines is 2. The van der Waals surface area contributed by atoms with Crippen LogP contribution in [0.15, 0.2) is 24.4 Å². The molecular weight excluding hydrogens is 520 g/mol. The van der Waals surface area contributed by atoms with E-state index in [1.807, 2.05) is 12.3 Å². The lowest BCUT2D eigenvalue weighted by Crippen LogP contribution is -2.40. The Morgan fingerprint density at radius 1 is 1.13 bits per heavy atom. The average Bonchev–Trinajstić information content (AvgIpc) is 2.89. The predicted octanol–water partition coefficient (Wildman–Crippen LogP) is 3.19. The number of esters is 1. The number of carbonyl (C=O) groups excluding carboxylic acids is 1. The van der Waals surface area contributed by atoms with Crippen LogP contribution in [-0.2, 0) is 24.3 Å². The first-order chi connectivity index (χ1) is 18.5. The molecule has 11 heteroatoms. The van der Waals surface area contributed by atoms with E-state index in [4.69, 9.17) is 14.2 Å². The van der Waals surface area contributed by atoms with Crippen LogP contribution in [0.3, 0.4) is 0 Å². The molecule has 2 fully saturated rings.